The molecular weight excluding hydrogens is 266 g/mol. The molecule has 5 nitrogen and oxygen atoms in total. The lowest BCUT2D eigenvalue weighted by Crippen LogP contribution is -2.41. The van der Waals surface area contributed by atoms with E-state index in [-0.39, 0.29) is 11.6 Å². The van der Waals surface area contributed by atoms with Crippen molar-refractivity contribution in [1.29, 1.82) is 0 Å². The number of hydrogen-bond acceptors (Lipinski definition) is 5. The van der Waals surface area contributed by atoms with Gasteiger partial charge in [-0.3, -0.25) is 0 Å². The van der Waals surface area contributed by atoms with Crippen LogP contribution in [0.1, 0.15) is 50.3 Å². The maximum Gasteiger partial charge on any atom is 0.233 e. The first-order valence-electron chi connectivity index (χ1n) is 7.95. The lowest BCUT2D eigenvalue weighted by molar-refractivity contribution is -0.0981. The minimum atomic E-state index is 0.137. The third-order valence-electron chi connectivity index (χ3n) is 5.02. The molecule has 21 heavy (non-hydrogen) atoms. The molecule has 0 radical (unpaired) electrons. The van der Waals surface area contributed by atoms with E-state index in [0.717, 1.165) is 25.1 Å². The van der Waals surface area contributed by atoms with Crippen LogP contribution in [-0.4, -0.2) is 36.6 Å². The van der Waals surface area contributed by atoms with E-state index in [4.69, 9.17) is 9.47 Å². The van der Waals surface area contributed by atoms with E-state index in [2.05, 4.69) is 15.5 Å². The van der Waals surface area contributed by atoms with Crippen molar-refractivity contribution in [2.45, 2.75) is 50.2 Å². The zero-order chi connectivity index (χ0) is 14.7. The third-order valence-corrected chi connectivity index (χ3v) is 5.02. The molecule has 1 aromatic heterocycles. The highest BCUT2D eigenvalue weighted by Crippen LogP contribution is 2.45. The van der Waals surface area contributed by atoms with Crippen molar-refractivity contribution < 1.29 is 9.47 Å². The fourth-order valence-corrected chi connectivity index (χ4v) is 3.95. The molecule has 1 saturated heterocycles. The molecule has 1 N–H and O–H groups in total. The predicted molar refractivity (Wildman–Crippen MR) is 80.3 cm³/mol. The van der Waals surface area contributed by atoms with Crippen LogP contribution in [0.15, 0.2) is 12.1 Å². The number of aromatic nitrogens is 2. The second-order valence-electron chi connectivity index (χ2n) is 6.26. The molecule has 5 heteroatoms. The number of methoxy groups -OCH3 is 1. The van der Waals surface area contributed by atoms with Gasteiger partial charge >= 0.3 is 0 Å². The van der Waals surface area contributed by atoms with Crippen molar-refractivity contribution >= 4 is 0 Å². The van der Waals surface area contributed by atoms with Crippen LogP contribution < -0.4 is 10.1 Å². The molecule has 2 unspecified atom stereocenters. The molecule has 1 spiro atoms. The molecule has 2 heterocycles. The SMILES string of the molecule is CNC(c1ccc(OC)nn1)C1CCOC2(CCCC2)C1. The van der Waals surface area contributed by atoms with Gasteiger partial charge in [-0.15, -0.1) is 5.10 Å². The summed E-state index contributed by atoms with van der Waals surface area (Å²) in [5.41, 5.74) is 1.14. The van der Waals surface area contributed by atoms with E-state index >= 15 is 0 Å². The maximum atomic E-state index is 6.14. The van der Waals surface area contributed by atoms with Gasteiger partial charge in [-0.2, -0.15) is 5.10 Å². The highest BCUT2D eigenvalue weighted by molar-refractivity contribution is 5.15. The zero-order valence-electron chi connectivity index (χ0n) is 13.0. The summed E-state index contributed by atoms with van der Waals surface area (Å²) in [5, 5.41) is 11.9. The summed E-state index contributed by atoms with van der Waals surface area (Å²) in [5.74, 6) is 1.12. The molecule has 116 valence electrons. The zero-order valence-corrected chi connectivity index (χ0v) is 13.0. The molecule has 3 rings (SSSR count). The molecule has 0 bridgehead atoms. The van der Waals surface area contributed by atoms with Crippen LogP contribution in [0.4, 0.5) is 0 Å². The third kappa shape index (κ3) is 3.04. The Kier molecular flexibility index (Phi) is 4.40. The lowest BCUT2D eigenvalue weighted by atomic mass is 9.79. The Hall–Kier alpha value is -1.20. The van der Waals surface area contributed by atoms with Gasteiger partial charge in [-0.05, 0) is 44.7 Å². The van der Waals surface area contributed by atoms with Crippen LogP contribution in [0.2, 0.25) is 0 Å². The van der Waals surface area contributed by atoms with E-state index in [1.54, 1.807) is 7.11 Å². The largest absolute Gasteiger partial charge is 0.480 e. The lowest BCUT2D eigenvalue weighted by Gasteiger charge is -2.41. The normalized spacial score (nSPS) is 25.9. The Bertz CT molecular complexity index is 457. The monoisotopic (exact) mass is 291 g/mol. The summed E-state index contributed by atoms with van der Waals surface area (Å²) >= 11 is 0. The first-order valence-corrected chi connectivity index (χ1v) is 7.95. The second-order valence-corrected chi connectivity index (χ2v) is 6.26. The molecule has 2 fully saturated rings. The van der Waals surface area contributed by atoms with Crippen molar-refractivity contribution in [3.8, 4) is 5.88 Å². The fraction of sp³-hybridized carbons (Fsp3) is 0.750. The Labute approximate surface area is 126 Å². The van der Waals surface area contributed by atoms with E-state index in [0.29, 0.717) is 11.8 Å². The summed E-state index contributed by atoms with van der Waals surface area (Å²) in [6.45, 7) is 0.867. The summed E-state index contributed by atoms with van der Waals surface area (Å²) in [6, 6.07) is 4.14. The van der Waals surface area contributed by atoms with Gasteiger partial charge in [0.2, 0.25) is 5.88 Å². The molecular formula is C16H25N3O2. The van der Waals surface area contributed by atoms with E-state index < -0.39 is 0 Å². The maximum absolute atomic E-state index is 6.14. The Balaban J connectivity index is 1.75. The van der Waals surface area contributed by atoms with Crippen molar-refractivity contribution in [3.05, 3.63) is 17.8 Å². The van der Waals surface area contributed by atoms with E-state index in [9.17, 15) is 0 Å². The average Bonchev–Trinajstić information content (AvgIpc) is 2.96. The molecule has 1 aliphatic heterocycles. The highest BCUT2D eigenvalue weighted by Gasteiger charge is 2.42. The summed E-state index contributed by atoms with van der Waals surface area (Å²) in [6.07, 6.45) is 7.26. The van der Waals surface area contributed by atoms with Gasteiger partial charge in [0.15, 0.2) is 0 Å². The van der Waals surface area contributed by atoms with E-state index in [1.807, 2.05) is 19.2 Å². The molecule has 1 aliphatic carbocycles. The molecule has 0 aromatic carbocycles. The van der Waals surface area contributed by atoms with Gasteiger partial charge < -0.3 is 14.8 Å². The highest BCUT2D eigenvalue weighted by atomic mass is 16.5. The second kappa shape index (κ2) is 6.28. The Morgan fingerprint density at radius 1 is 1.33 bits per heavy atom. The summed E-state index contributed by atoms with van der Waals surface area (Å²) < 4.78 is 11.2. The Morgan fingerprint density at radius 2 is 2.14 bits per heavy atom. The first-order chi connectivity index (χ1) is 10.3. The van der Waals surface area contributed by atoms with Crippen molar-refractivity contribution in [2.75, 3.05) is 20.8 Å². The number of nitrogens with one attached hydrogen (secondary N) is 1. The fourth-order valence-electron chi connectivity index (χ4n) is 3.95. The topological polar surface area (TPSA) is 56.3 Å². The molecule has 1 saturated carbocycles. The first kappa shape index (κ1) is 14.7. The van der Waals surface area contributed by atoms with Crippen LogP contribution in [0.25, 0.3) is 0 Å². The predicted octanol–water partition coefficient (Wildman–Crippen LogP) is 2.49. The smallest absolute Gasteiger partial charge is 0.233 e. The van der Waals surface area contributed by atoms with Crippen LogP contribution in [-0.2, 0) is 4.74 Å². The van der Waals surface area contributed by atoms with Crippen LogP contribution >= 0.6 is 0 Å². The van der Waals surface area contributed by atoms with Gasteiger partial charge in [0.25, 0.3) is 0 Å². The molecule has 2 aliphatic rings. The van der Waals surface area contributed by atoms with Crippen LogP contribution in [0, 0.1) is 5.92 Å². The summed E-state index contributed by atoms with van der Waals surface area (Å²) in [4.78, 5) is 0. The van der Waals surface area contributed by atoms with Crippen molar-refractivity contribution in [3.63, 3.8) is 0 Å². The quantitative estimate of drug-likeness (QED) is 0.923. The van der Waals surface area contributed by atoms with Crippen molar-refractivity contribution in [2.24, 2.45) is 5.92 Å². The minimum absolute atomic E-state index is 0.137. The van der Waals surface area contributed by atoms with Gasteiger partial charge in [-0.25, -0.2) is 0 Å². The number of ether oxygens (including phenoxy) is 2. The standard InChI is InChI=1S/C16H25N3O2/c1-17-15(13-5-6-14(20-2)19-18-13)12-7-10-21-16(11-12)8-3-4-9-16/h5-6,12,15,17H,3-4,7-11H2,1-2H3. The average molecular weight is 291 g/mol. The van der Waals surface area contributed by atoms with Crippen LogP contribution in [0.5, 0.6) is 5.88 Å². The number of nitrogens with zero attached hydrogens (tertiary/aromatic N) is 2. The van der Waals surface area contributed by atoms with Gasteiger partial charge in [-0.1, -0.05) is 12.8 Å². The number of rotatable bonds is 4. The Morgan fingerprint density at radius 3 is 2.76 bits per heavy atom. The van der Waals surface area contributed by atoms with Gasteiger partial charge in [0.05, 0.1) is 24.4 Å². The summed E-state index contributed by atoms with van der Waals surface area (Å²) in [7, 11) is 3.62. The van der Waals surface area contributed by atoms with Crippen LogP contribution in [0.3, 0.4) is 0 Å². The minimum Gasteiger partial charge on any atom is -0.480 e. The molecule has 2 atom stereocenters. The van der Waals surface area contributed by atoms with E-state index in [1.165, 1.54) is 25.7 Å². The number of hydrogen-bond donors (Lipinski definition) is 1. The van der Waals surface area contributed by atoms with Gasteiger partial charge in [0.1, 0.15) is 0 Å². The van der Waals surface area contributed by atoms with Gasteiger partial charge in [0, 0.05) is 12.7 Å². The molecule has 0 amide bonds. The van der Waals surface area contributed by atoms with Crippen molar-refractivity contribution in [1.82, 2.24) is 15.5 Å². The molecule has 1 aromatic rings.